The molecule has 1 heterocycles. The maximum Gasteiger partial charge on any atom is 0.315 e. The third-order valence-corrected chi connectivity index (χ3v) is 5.16. The van der Waals surface area contributed by atoms with Gasteiger partial charge in [0.25, 0.3) is 0 Å². The minimum absolute atomic E-state index is 0.0273. The maximum absolute atomic E-state index is 14.0. The van der Waals surface area contributed by atoms with Crippen molar-refractivity contribution in [3.63, 3.8) is 0 Å². The topological polar surface area (TPSA) is 64.6 Å². The molecule has 5 nitrogen and oxygen atoms in total. The minimum atomic E-state index is -0.552. The van der Waals surface area contributed by atoms with Crippen LogP contribution in [0.2, 0.25) is 0 Å². The number of benzene rings is 1. The first kappa shape index (κ1) is 17.0. The predicted octanol–water partition coefficient (Wildman–Crippen LogP) is 2.25. The fraction of sp³-hybridized carbons (Fsp3) is 0.611. The van der Waals surface area contributed by atoms with Crippen LogP contribution in [0.15, 0.2) is 24.3 Å². The summed E-state index contributed by atoms with van der Waals surface area (Å²) >= 11 is 0. The molecule has 2 unspecified atom stereocenters. The van der Waals surface area contributed by atoms with Gasteiger partial charge >= 0.3 is 6.03 Å². The largest absolute Gasteiger partial charge is 0.394 e. The van der Waals surface area contributed by atoms with Gasteiger partial charge in [0.15, 0.2) is 0 Å². The number of hydrogen-bond acceptors (Lipinski definition) is 3. The van der Waals surface area contributed by atoms with Crippen LogP contribution in [0.25, 0.3) is 0 Å². The van der Waals surface area contributed by atoms with Crippen LogP contribution < -0.4 is 15.5 Å². The zero-order valence-corrected chi connectivity index (χ0v) is 14.1. The predicted molar refractivity (Wildman–Crippen MR) is 91.5 cm³/mol. The Kier molecular flexibility index (Phi) is 4.94. The second kappa shape index (κ2) is 6.97. The number of urea groups is 1. The van der Waals surface area contributed by atoms with Gasteiger partial charge in [-0.05, 0) is 50.7 Å². The van der Waals surface area contributed by atoms with Crippen LogP contribution in [0.4, 0.5) is 14.9 Å². The Hall–Kier alpha value is -1.82. The van der Waals surface area contributed by atoms with E-state index >= 15 is 0 Å². The second-order valence-corrected chi connectivity index (χ2v) is 7.18. The summed E-state index contributed by atoms with van der Waals surface area (Å²) in [6.07, 6.45) is 3.86. The number of rotatable bonds is 5. The molecular weight excluding hydrogens is 309 g/mol. The van der Waals surface area contributed by atoms with Crippen LogP contribution in [0, 0.1) is 11.7 Å². The maximum atomic E-state index is 14.0. The number of para-hydroxylation sites is 1. The van der Waals surface area contributed by atoms with Gasteiger partial charge in [0.2, 0.25) is 0 Å². The summed E-state index contributed by atoms with van der Waals surface area (Å²) in [5.41, 5.74) is 0.0341. The number of nitrogens with zero attached hydrogens (tertiary/aromatic N) is 1. The first-order valence-electron chi connectivity index (χ1n) is 8.71. The lowest BCUT2D eigenvalue weighted by molar-refractivity contribution is 0.153. The van der Waals surface area contributed by atoms with Gasteiger partial charge in [0.1, 0.15) is 5.82 Å². The zero-order valence-electron chi connectivity index (χ0n) is 14.1. The lowest BCUT2D eigenvalue weighted by Crippen LogP contribution is -2.57. The molecule has 2 amide bonds. The highest BCUT2D eigenvalue weighted by molar-refractivity contribution is 5.75. The number of halogens is 1. The smallest absolute Gasteiger partial charge is 0.315 e. The third-order valence-electron chi connectivity index (χ3n) is 5.16. The molecule has 1 aromatic carbocycles. The molecule has 1 saturated heterocycles. The second-order valence-electron chi connectivity index (χ2n) is 7.18. The van der Waals surface area contributed by atoms with E-state index < -0.39 is 5.54 Å². The highest BCUT2D eigenvalue weighted by atomic mass is 19.1. The molecule has 3 rings (SSSR count). The van der Waals surface area contributed by atoms with Crippen molar-refractivity contribution in [3.05, 3.63) is 30.1 Å². The average Bonchev–Trinajstić information content (AvgIpc) is 3.40. The van der Waals surface area contributed by atoms with Gasteiger partial charge in [-0.3, -0.25) is 0 Å². The average molecular weight is 335 g/mol. The van der Waals surface area contributed by atoms with Crippen molar-refractivity contribution < 1.29 is 14.3 Å². The Bertz CT molecular complexity index is 593. The van der Waals surface area contributed by atoms with Crippen molar-refractivity contribution in [1.29, 1.82) is 0 Å². The number of hydrogen-bond donors (Lipinski definition) is 3. The van der Waals surface area contributed by atoms with Gasteiger partial charge in [-0.25, -0.2) is 9.18 Å². The SMILES string of the molecule is CC(CO)(NC(=O)NC1CCCN(c2ccccc2F)C1)C1CC1. The van der Waals surface area contributed by atoms with Gasteiger partial charge in [-0.1, -0.05) is 12.1 Å². The normalized spacial score (nSPS) is 23.5. The summed E-state index contributed by atoms with van der Waals surface area (Å²) in [5.74, 6) is 0.124. The fourth-order valence-corrected chi connectivity index (χ4v) is 3.49. The summed E-state index contributed by atoms with van der Waals surface area (Å²) in [6.45, 7) is 3.21. The van der Waals surface area contributed by atoms with Crippen LogP contribution in [0.3, 0.4) is 0 Å². The van der Waals surface area contributed by atoms with Crippen molar-refractivity contribution in [2.24, 2.45) is 5.92 Å². The van der Waals surface area contributed by atoms with E-state index in [1.54, 1.807) is 12.1 Å². The quantitative estimate of drug-likeness (QED) is 0.773. The van der Waals surface area contributed by atoms with Crippen LogP contribution in [-0.4, -0.2) is 42.4 Å². The molecule has 1 saturated carbocycles. The standard InChI is InChI=1S/C18H26FN3O2/c1-18(12-23,13-8-9-13)21-17(24)20-14-5-4-10-22(11-14)16-7-3-2-6-15(16)19/h2-3,6-7,13-14,23H,4-5,8-12H2,1H3,(H2,20,21,24). The Labute approximate surface area is 142 Å². The number of amides is 2. The number of piperidine rings is 1. The number of carbonyl (C=O) groups excluding carboxylic acids is 1. The number of nitrogens with one attached hydrogen (secondary N) is 2. The van der Waals surface area contributed by atoms with E-state index in [9.17, 15) is 14.3 Å². The van der Waals surface area contributed by atoms with Gasteiger partial charge in [-0.2, -0.15) is 0 Å². The number of anilines is 1. The fourth-order valence-electron chi connectivity index (χ4n) is 3.49. The van der Waals surface area contributed by atoms with Crippen LogP contribution in [-0.2, 0) is 0 Å². The van der Waals surface area contributed by atoms with Gasteiger partial charge in [0.05, 0.1) is 17.8 Å². The number of aliphatic hydroxyl groups is 1. The van der Waals surface area contributed by atoms with E-state index in [-0.39, 0.29) is 24.5 Å². The summed E-state index contributed by atoms with van der Waals surface area (Å²) in [5, 5.41) is 15.5. The molecule has 132 valence electrons. The first-order valence-corrected chi connectivity index (χ1v) is 8.71. The van der Waals surface area contributed by atoms with Crippen molar-refractivity contribution in [2.45, 2.75) is 44.2 Å². The first-order chi connectivity index (χ1) is 11.5. The highest BCUT2D eigenvalue weighted by Crippen LogP contribution is 2.39. The van der Waals surface area contributed by atoms with E-state index in [1.807, 2.05) is 17.9 Å². The Balaban J connectivity index is 1.57. The van der Waals surface area contributed by atoms with Crippen molar-refractivity contribution >= 4 is 11.7 Å². The molecule has 0 aromatic heterocycles. The molecule has 2 fully saturated rings. The summed E-state index contributed by atoms with van der Waals surface area (Å²) in [6, 6.07) is 6.46. The molecule has 3 N–H and O–H groups in total. The molecule has 1 aliphatic carbocycles. The summed E-state index contributed by atoms with van der Waals surface area (Å²) < 4.78 is 14.0. The van der Waals surface area contributed by atoms with Gasteiger partial charge in [-0.15, -0.1) is 0 Å². The Morgan fingerprint density at radius 1 is 1.38 bits per heavy atom. The molecule has 0 spiro atoms. The lowest BCUT2D eigenvalue weighted by Gasteiger charge is -2.36. The Morgan fingerprint density at radius 3 is 2.79 bits per heavy atom. The van der Waals surface area contributed by atoms with E-state index in [0.717, 1.165) is 32.2 Å². The van der Waals surface area contributed by atoms with Crippen molar-refractivity contribution in [3.8, 4) is 0 Å². The van der Waals surface area contributed by atoms with Crippen molar-refractivity contribution in [2.75, 3.05) is 24.6 Å². The van der Waals surface area contributed by atoms with Crippen LogP contribution in [0.1, 0.15) is 32.6 Å². The molecule has 0 radical (unpaired) electrons. The number of carbonyl (C=O) groups is 1. The Morgan fingerprint density at radius 2 is 2.12 bits per heavy atom. The molecule has 6 heteroatoms. The van der Waals surface area contributed by atoms with Crippen LogP contribution >= 0.6 is 0 Å². The zero-order chi connectivity index (χ0) is 17.2. The van der Waals surface area contributed by atoms with E-state index in [4.69, 9.17) is 0 Å². The lowest BCUT2D eigenvalue weighted by atomic mass is 9.97. The molecule has 1 aromatic rings. The summed E-state index contributed by atoms with van der Waals surface area (Å²) in [4.78, 5) is 14.3. The van der Waals surface area contributed by atoms with Gasteiger partial charge in [0, 0.05) is 19.1 Å². The van der Waals surface area contributed by atoms with Crippen LogP contribution in [0.5, 0.6) is 0 Å². The van der Waals surface area contributed by atoms with Crippen molar-refractivity contribution in [1.82, 2.24) is 10.6 Å². The highest BCUT2D eigenvalue weighted by Gasteiger charge is 2.42. The summed E-state index contributed by atoms with van der Waals surface area (Å²) in [7, 11) is 0. The molecule has 2 atom stereocenters. The number of aliphatic hydroxyl groups excluding tert-OH is 1. The van der Waals surface area contributed by atoms with E-state index in [0.29, 0.717) is 18.2 Å². The molecule has 1 aliphatic heterocycles. The van der Waals surface area contributed by atoms with E-state index in [2.05, 4.69) is 10.6 Å². The molecule has 0 bridgehead atoms. The molecule has 24 heavy (non-hydrogen) atoms. The molecule has 2 aliphatic rings. The minimum Gasteiger partial charge on any atom is -0.394 e. The van der Waals surface area contributed by atoms with Gasteiger partial charge < -0.3 is 20.6 Å². The molecular formula is C18H26FN3O2. The van der Waals surface area contributed by atoms with E-state index in [1.165, 1.54) is 6.07 Å². The monoisotopic (exact) mass is 335 g/mol. The third kappa shape index (κ3) is 3.80.